The van der Waals surface area contributed by atoms with E-state index < -0.39 is 6.17 Å². The second kappa shape index (κ2) is 7.28. The minimum Gasteiger partial charge on any atom is -0.298 e. The second-order valence-electron chi connectivity index (χ2n) is 6.02. The number of fused-ring (bicyclic) bond motifs is 2. The summed E-state index contributed by atoms with van der Waals surface area (Å²) >= 11 is 4.89. The first-order valence-electron chi connectivity index (χ1n) is 8.31. The first kappa shape index (κ1) is 17.9. The van der Waals surface area contributed by atoms with E-state index in [0.29, 0.717) is 16.6 Å². The molecular weight excluding hydrogens is 426 g/mol. The Labute approximate surface area is 168 Å². The smallest absolute Gasteiger partial charge is 0.276 e. The van der Waals surface area contributed by atoms with E-state index in [0.717, 1.165) is 26.4 Å². The molecule has 1 N–H and O–H groups in total. The number of hydrogen-bond acceptors (Lipinski definition) is 6. The summed E-state index contributed by atoms with van der Waals surface area (Å²) in [6, 6.07) is 11.5. The van der Waals surface area contributed by atoms with Gasteiger partial charge in [0.2, 0.25) is 0 Å². The zero-order chi connectivity index (χ0) is 19.0. The number of halogens is 1. The number of aromatic nitrogens is 1. The summed E-state index contributed by atoms with van der Waals surface area (Å²) in [5.41, 5.74) is 2.10. The highest BCUT2D eigenvalue weighted by Crippen LogP contribution is 2.30. The van der Waals surface area contributed by atoms with Crippen LogP contribution in [0.3, 0.4) is 0 Å². The number of amides is 1. The Balaban J connectivity index is 1.94. The quantitative estimate of drug-likeness (QED) is 0.741. The van der Waals surface area contributed by atoms with Gasteiger partial charge in [0.05, 0.1) is 11.1 Å². The molecule has 1 aromatic carbocycles. The highest BCUT2D eigenvalue weighted by Gasteiger charge is 2.35. The molecule has 0 aliphatic carbocycles. The third-order valence-corrected chi connectivity index (χ3v) is 5.44. The van der Waals surface area contributed by atoms with Crippen LogP contribution in [0.15, 0.2) is 63.6 Å². The van der Waals surface area contributed by atoms with Crippen molar-refractivity contribution < 1.29 is 4.79 Å². The van der Waals surface area contributed by atoms with Gasteiger partial charge in [0.25, 0.3) is 5.91 Å². The summed E-state index contributed by atoms with van der Waals surface area (Å²) in [5.74, 6) is 0.443. The summed E-state index contributed by atoms with van der Waals surface area (Å²) in [7, 11) is 0. The molecule has 1 aromatic heterocycles. The van der Waals surface area contributed by atoms with Gasteiger partial charge in [-0.05, 0) is 37.3 Å². The summed E-state index contributed by atoms with van der Waals surface area (Å²) in [6.45, 7) is 5.65. The number of pyridine rings is 1. The molecule has 0 bridgehead atoms. The number of nitrogens with one attached hydrogen (secondary N) is 1. The third-order valence-electron chi connectivity index (χ3n) is 4.08. The van der Waals surface area contributed by atoms with E-state index in [2.05, 4.69) is 37.9 Å². The number of aryl methyl sites for hydroxylation is 1. The average molecular weight is 442 g/mol. The molecule has 4 rings (SSSR count). The standard InChI is InChI=1S/C19H16BrN5OS/c1-3-9-27-19-23-18(26)16-13-10-12(20)7-8-14(13)22-17(25(16)24-19)15-6-4-5-11(2)21-15/h3-8,10,17H,1,9H2,2H3,(H,23,24,26)/t17-/m1/s1. The zero-order valence-corrected chi connectivity index (χ0v) is 16.9. The normalized spacial score (nSPS) is 18.1. The van der Waals surface area contributed by atoms with Gasteiger partial charge in [-0.3, -0.25) is 20.1 Å². The number of amidine groups is 1. The monoisotopic (exact) mass is 441 g/mol. The van der Waals surface area contributed by atoms with Crippen molar-refractivity contribution in [3.8, 4) is 0 Å². The lowest BCUT2D eigenvalue weighted by Crippen LogP contribution is -2.50. The number of benzene rings is 1. The van der Waals surface area contributed by atoms with Crippen LogP contribution < -0.4 is 15.9 Å². The van der Waals surface area contributed by atoms with Crippen molar-refractivity contribution >= 4 is 44.5 Å². The van der Waals surface area contributed by atoms with Gasteiger partial charge in [0.1, 0.15) is 5.70 Å². The van der Waals surface area contributed by atoms with Crippen LogP contribution in [0.4, 0.5) is 0 Å². The number of hydrazone groups is 1. The molecule has 0 saturated carbocycles. The van der Waals surface area contributed by atoms with E-state index in [4.69, 9.17) is 4.99 Å². The van der Waals surface area contributed by atoms with Gasteiger partial charge in [0, 0.05) is 21.1 Å². The molecule has 27 heavy (non-hydrogen) atoms. The van der Waals surface area contributed by atoms with Crippen molar-refractivity contribution in [1.29, 1.82) is 0 Å². The highest BCUT2D eigenvalue weighted by molar-refractivity contribution is 9.10. The number of carbonyl (C=O) groups is 1. The Kier molecular flexibility index (Phi) is 4.84. The Morgan fingerprint density at radius 2 is 2.22 bits per heavy atom. The lowest BCUT2D eigenvalue weighted by Gasteiger charge is -2.33. The van der Waals surface area contributed by atoms with E-state index in [1.54, 1.807) is 11.1 Å². The van der Waals surface area contributed by atoms with Crippen molar-refractivity contribution in [2.24, 2.45) is 10.1 Å². The fraction of sp³-hybridized carbons (Fsp3) is 0.158. The van der Waals surface area contributed by atoms with Crippen molar-refractivity contribution in [1.82, 2.24) is 15.3 Å². The SMILES string of the molecule is C=CCSC1=NN2C(=c3cc(Br)ccc3=N[C@H]2c2cccc(C)n2)C(=O)N1. The van der Waals surface area contributed by atoms with E-state index >= 15 is 0 Å². The maximum absolute atomic E-state index is 12.9. The minimum atomic E-state index is -0.501. The van der Waals surface area contributed by atoms with Crippen LogP contribution in [0.2, 0.25) is 0 Å². The second-order valence-corrected chi connectivity index (χ2v) is 7.94. The fourth-order valence-electron chi connectivity index (χ4n) is 2.96. The molecule has 2 aromatic rings. The predicted molar refractivity (Wildman–Crippen MR) is 110 cm³/mol. The van der Waals surface area contributed by atoms with Gasteiger partial charge < -0.3 is 0 Å². The molecule has 0 unspecified atom stereocenters. The van der Waals surface area contributed by atoms with Gasteiger partial charge >= 0.3 is 0 Å². The summed E-state index contributed by atoms with van der Waals surface area (Å²) in [6.07, 6.45) is 1.27. The largest absolute Gasteiger partial charge is 0.298 e. The van der Waals surface area contributed by atoms with Gasteiger partial charge in [-0.1, -0.05) is 39.8 Å². The number of rotatable bonds is 3. The Morgan fingerprint density at radius 3 is 3.00 bits per heavy atom. The summed E-state index contributed by atoms with van der Waals surface area (Å²) < 4.78 is 0.875. The van der Waals surface area contributed by atoms with Gasteiger partial charge in [-0.2, -0.15) is 0 Å². The van der Waals surface area contributed by atoms with Crippen LogP contribution in [-0.2, 0) is 4.79 Å². The van der Waals surface area contributed by atoms with Gasteiger partial charge in [0.15, 0.2) is 11.3 Å². The van der Waals surface area contributed by atoms with Gasteiger partial charge in [-0.25, -0.2) is 5.01 Å². The molecule has 0 saturated heterocycles. The van der Waals surface area contributed by atoms with E-state index in [1.807, 2.05) is 43.3 Å². The van der Waals surface area contributed by atoms with Crippen molar-refractivity contribution in [2.45, 2.75) is 13.1 Å². The van der Waals surface area contributed by atoms with Crippen molar-refractivity contribution in [3.63, 3.8) is 0 Å². The molecule has 2 aliphatic rings. The van der Waals surface area contributed by atoms with Crippen LogP contribution >= 0.6 is 27.7 Å². The molecule has 0 radical (unpaired) electrons. The van der Waals surface area contributed by atoms with Crippen LogP contribution in [0.25, 0.3) is 5.70 Å². The Hall–Kier alpha value is -2.45. The van der Waals surface area contributed by atoms with Crippen LogP contribution in [-0.4, -0.2) is 26.8 Å². The molecule has 1 atom stereocenters. The maximum Gasteiger partial charge on any atom is 0.276 e. The molecular formula is C19H16BrN5OS. The van der Waals surface area contributed by atoms with E-state index in [9.17, 15) is 4.79 Å². The Morgan fingerprint density at radius 1 is 1.37 bits per heavy atom. The van der Waals surface area contributed by atoms with Crippen molar-refractivity contribution in [3.05, 3.63) is 75.5 Å². The molecule has 6 nitrogen and oxygen atoms in total. The summed E-state index contributed by atoms with van der Waals surface area (Å²) in [4.78, 5) is 22.4. The van der Waals surface area contributed by atoms with Crippen LogP contribution in [0.5, 0.6) is 0 Å². The Bertz CT molecular complexity index is 1100. The first-order chi connectivity index (χ1) is 13.1. The molecule has 136 valence electrons. The average Bonchev–Trinajstić information content (AvgIpc) is 2.65. The summed E-state index contributed by atoms with van der Waals surface area (Å²) in [5, 5.41) is 11.2. The molecule has 0 spiro atoms. The zero-order valence-electron chi connectivity index (χ0n) is 14.5. The molecule has 8 heteroatoms. The number of hydrogen-bond donors (Lipinski definition) is 1. The van der Waals surface area contributed by atoms with Crippen LogP contribution in [0.1, 0.15) is 17.6 Å². The van der Waals surface area contributed by atoms with Gasteiger partial charge in [-0.15, -0.1) is 11.7 Å². The lowest BCUT2D eigenvalue weighted by molar-refractivity contribution is -0.116. The predicted octanol–water partition coefficient (Wildman–Crippen LogP) is 2.21. The minimum absolute atomic E-state index is 0.205. The lowest BCUT2D eigenvalue weighted by atomic mass is 10.1. The molecule has 3 heterocycles. The third kappa shape index (κ3) is 3.42. The number of thioether (sulfide) groups is 1. The van der Waals surface area contributed by atoms with E-state index in [-0.39, 0.29) is 5.91 Å². The number of carbonyl (C=O) groups excluding carboxylic acids is 1. The topological polar surface area (TPSA) is 70.0 Å². The maximum atomic E-state index is 12.9. The number of nitrogens with zero attached hydrogens (tertiary/aromatic N) is 4. The molecule has 0 fully saturated rings. The van der Waals surface area contributed by atoms with E-state index in [1.165, 1.54) is 11.8 Å². The highest BCUT2D eigenvalue weighted by atomic mass is 79.9. The molecule has 2 aliphatic heterocycles. The van der Waals surface area contributed by atoms with Crippen LogP contribution in [0, 0.1) is 6.92 Å². The van der Waals surface area contributed by atoms with Crippen molar-refractivity contribution in [2.75, 3.05) is 5.75 Å². The first-order valence-corrected chi connectivity index (χ1v) is 10.1. The molecule has 1 amide bonds. The fourth-order valence-corrected chi connectivity index (χ4v) is 3.90.